The Balaban J connectivity index is 0.000000597. The second kappa shape index (κ2) is 10.7. The predicted octanol–water partition coefficient (Wildman–Crippen LogP) is 6.96. The summed E-state index contributed by atoms with van der Waals surface area (Å²) in [4.78, 5) is 15.9. The van der Waals surface area contributed by atoms with Crippen LogP contribution in [0.5, 0.6) is 5.75 Å². The number of rotatable bonds is 5. The monoisotopic (exact) mass is 499 g/mol. The standard InChI is InChI=1S/C17H18BrNO2.Cl3OP/c1-11-6-13(8-16(7-11)21-3)4-5-14-9-15(18)10-19-17(14)12(2)20;1-5(2,3)4/h6-10H,4-5H2,1-3H3;. The van der Waals surface area contributed by atoms with Crippen LogP contribution in [-0.4, -0.2) is 17.9 Å². The molecule has 1 heterocycles. The Morgan fingerprint density at radius 2 is 1.81 bits per heavy atom. The van der Waals surface area contributed by atoms with E-state index >= 15 is 0 Å². The van der Waals surface area contributed by atoms with Gasteiger partial charge in [-0.2, -0.15) is 0 Å². The smallest absolute Gasteiger partial charge is 0.339 e. The summed E-state index contributed by atoms with van der Waals surface area (Å²) in [6, 6.07) is 8.15. The highest BCUT2D eigenvalue weighted by Crippen LogP contribution is 2.61. The van der Waals surface area contributed by atoms with Crippen molar-refractivity contribution in [3.8, 4) is 5.75 Å². The molecule has 0 spiro atoms. The number of carbonyl (C=O) groups excluding carboxylic acids is 1. The third kappa shape index (κ3) is 9.38. The maximum atomic E-state index is 11.6. The van der Waals surface area contributed by atoms with Gasteiger partial charge < -0.3 is 4.74 Å². The zero-order chi connectivity index (χ0) is 19.9. The summed E-state index contributed by atoms with van der Waals surface area (Å²) in [5.74, 6) is 0.864. The Hall–Kier alpha value is -0.580. The largest absolute Gasteiger partial charge is 0.497 e. The molecule has 2 rings (SSSR count). The van der Waals surface area contributed by atoms with Gasteiger partial charge in [-0.25, -0.2) is 0 Å². The number of halogens is 4. The van der Waals surface area contributed by atoms with Gasteiger partial charge in [-0.15, -0.1) is 0 Å². The highest BCUT2D eigenvalue weighted by atomic mass is 79.9. The molecule has 142 valence electrons. The molecule has 0 aliphatic carbocycles. The Morgan fingerprint density at radius 3 is 2.35 bits per heavy atom. The predicted molar refractivity (Wildman–Crippen MR) is 112 cm³/mol. The van der Waals surface area contributed by atoms with Crippen LogP contribution in [0, 0.1) is 6.92 Å². The molecule has 4 nitrogen and oxygen atoms in total. The molecule has 0 aliphatic rings. The van der Waals surface area contributed by atoms with Gasteiger partial charge in [-0.05, 0) is 104 Å². The minimum absolute atomic E-state index is 0.000627. The van der Waals surface area contributed by atoms with E-state index in [0.717, 1.165) is 28.6 Å². The van der Waals surface area contributed by atoms with Crippen LogP contribution >= 0.6 is 54.9 Å². The number of pyridine rings is 1. The summed E-state index contributed by atoms with van der Waals surface area (Å²) in [6.07, 6.45) is 3.28. The van der Waals surface area contributed by atoms with Crippen LogP contribution in [0.25, 0.3) is 0 Å². The second-order valence-electron chi connectivity index (χ2n) is 5.47. The van der Waals surface area contributed by atoms with Crippen molar-refractivity contribution in [2.24, 2.45) is 0 Å². The number of hydrogen-bond donors (Lipinski definition) is 0. The van der Waals surface area contributed by atoms with E-state index in [1.807, 2.05) is 25.1 Å². The summed E-state index contributed by atoms with van der Waals surface area (Å²) in [6.45, 7) is 3.60. The fraction of sp³-hybridized carbons (Fsp3) is 0.294. The third-order valence-electron chi connectivity index (χ3n) is 3.30. The first-order valence-corrected chi connectivity index (χ1v) is 12.7. The van der Waals surface area contributed by atoms with E-state index in [1.54, 1.807) is 20.2 Å². The van der Waals surface area contributed by atoms with Crippen molar-refractivity contribution in [3.05, 3.63) is 57.3 Å². The Kier molecular flexibility index (Phi) is 9.63. The molecule has 0 aliphatic heterocycles. The minimum atomic E-state index is -3.22. The van der Waals surface area contributed by atoms with E-state index in [1.165, 1.54) is 11.1 Å². The number of Topliss-reactive ketones (excluding diaryl/α,β-unsaturated/α-hetero) is 1. The second-order valence-corrected chi connectivity index (χ2v) is 13.0. The van der Waals surface area contributed by atoms with Crippen LogP contribution in [0.2, 0.25) is 0 Å². The first-order valence-electron chi connectivity index (χ1n) is 7.48. The van der Waals surface area contributed by atoms with Crippen LogP contribution in [0.3, 0.4) is 0 Å². The van der Waals surface area contributed by atoms with Gasteiger partial charge >= 0.3 is 5.20 Å². The number of aryl methyl sites for hydroxylation is 3. The molecule has 0 amide bonds. The van der Waals surface area contributed by atoms with Gasteiger partial charge in [0.1, 0.15) is 11.4 Å². The number of aromatic nitrogens is 1. The number of carbonyl (C=O) groups is 1. The summed E-state index contributed by atoms with van der Waals surface area (Å²) in [5, 5.41) is -3.22. The molecule has 0 saturated heterocycles. The van der Waals surface area contributed by atoms with E-state index in [4.69, 9.17) is 4.74 Å². The number of nitrogens with zero attached hydrogens (tertiary/aromatic N) is 1. The third-order valence-corrected chi connectivity index (χ3v) is 3.73. The lowest BCUT2D eigenvalue weighted by molar-refractivity contribution is 0.101. The molecule has 2 aromatic rings. The maximum Gasteiger partial charge on any atom is 0.339 e. The van der Waals surface area contributed by atoms with E-state index < -0.39 is 5.20 Å². The number of ether oxygens (including phenoxy) is 1. The molecular weight excluding hydrogens is 483 g/mol. The van der Waals surface area contributed by atoms with Crippen molar-refractivity contribution < 1.29 is 14.1 Å². The van der Waals surface area contributed by atoms with Gasteiger partial charge in [-0.3, -0.25) is 14.3 Å². The van der Waals surface area contributed by atoms with Crippen molar-refractivity contribution >= 4 is 60.6 Å². The molecule has 0 unspecified atom stereocenters. The quantitative estimate of drug-likeness (QED) is 0.328. The van der Waals surface area contributed by atoms with E-state index in [9.17, 15) is 9.36 Å². The normalized spacial score (nSPS) is 10.7. The van der Waals surface area contributed by atoms with Gasteiger partial charge in [-0.1, -0.05) is 6.07 Å². The van der Waals surface area contributed by atoms with Crippen molar-refractivity contribution in [2.45, 2.75) is 26.7 Å². The summed E-state index contributed by atoms with van der Waals surface area (Å²) >= 11 is 17.3. The van der Waals surface area contributed by atoms with Crippen molar-refractivity contribution in [1.82, 2.24) is 4.98 Å². The maximum absolute atomic E-state index is 11.6. The lowest BCUT2D eigenvalue weighted by Crippen LogP contribution is -2.05. The van der Waals surface area contributed by atoms with Crippen LogP contribution in [-0.2, 0) is 17.4 Å². The molecule has 0 atom stereocenters. The number of benzene rings is 1. The Bertz CT molecular complexity index is 819. The average molecular weight is 502 g/mol. The average Bonchev–Trinajstić information content (AvgIpc) is 2.50. The van der Waals surface area contributed by atoms with Gasteiger partial charge in [0.2, 0.25) is 0 Å². The molecule has 9 heteroatoms. The number of hydrogen-bond acceptors (Lipinski definition) is 4. The first kappa shape index (κ1) is 23.5. The molecule has 0 radical (unpaired) electrons. The van der Waals surface area contributed by atoms with Gasteiger partial charge in [0.15, 0.2) is 5.78 Å². The molecule has 1 aromatic carbocycles. The SMILES string of the molecule is COc1cc(C)cc(CCc2cc(Br)cnc2C(C)=O)c1.O=P(Cl)(Cl)Cl. The summed E-state index contributed by atoms with van der Waals surface area (Å²) in [5.41, 5.74) is 3.89. The summed E-state index contributed by atoms with van der Waals surface area (Å²) < 4.78 is 15.7. The van der Waals surface area contributed by atoms with Crippen LogP contribution in [0.1, 0.15) is 34.1 Å². The van der Waals surface area contributed by atoms with Crippen molar-refractivity contribution in [1.29, 1.82) is 0 Å². The molecule has 0 N–H and O–H groups in total. The highest BCUT2D eigenvalue weighted by Gasteiger charge is 2.10. The number of methoxy groups -OCH3 is 1. The lowest BCUT2D eigenvalue weighted by atomic mass is 10.0. The van der Waals surface area contributed by atoms with E-state index in [0.29, 0.717) is 5.69 Å². The summed E-state index contributed by atoms with van der Waals surface area (Å²) in [7, 11) is 1.67. The molecule has 1 aromatic heterocycles. The molecule has 26 heavy (non-hydrogen) atoms. The molecule has 0 saturated carbocycles. The fourth-order valence-electron chi connectivity index (χ4n) is 2.35. The van der Waals surface area contributed by atoms with Gasteiger partial charge in [0.05, 0.1) is 7.11 Å². The van der Waals surface area contributed by atoms with Gasteiger partial charge in [0.25, 0.3) is 0 Å². The molecule has 0 bridgehead atoms. The zero-order valence-corrected chi connectivity index (χ0v) is 19.2. The van der Waals surface area contributed by atoms with Crippen molar-refractivity contribution in [3.63, 3.8) is 0 Å². The topological polar surface area (TPSA) is 56.3 Å². The Morgan fingerprint density at radius 1 is 1.19 bits per heavy atom. The fourth-order valence-corrected chi connectivity index (χ4v) is 2.73. The minimum Gasteiger partial charge on any atom is -0.497 e. The van der Waals surface area contributed by atoms with Crippen LogP contribution in [0.4, 0.5) is 0 Å². The zero-order valence-electron chi connectivity index (χ0n) is 14.4. The lowest BCUT2D eigenvalue weighted by Gasteiger charge is -2.09. The first-order chi connectivity index (χ1) is 12.0. The van der Waals surface area contributed by atoms with E-state index in [-0.39, 0.29) is 5.78 Å². The van der Waals surface area contributed by atoms with Crippen LogP contribution in [0.15, 0.2) is 34.9 Å². The van der Waals surface area contributed by atoms with Crippen LogP contribution < -0.4 is 4.74 Å². The van der Waals surface area contributed by atoms with Gasteiger partial charge in [0, 0.05) is 17.6 Å². The highest BCUT2D eigenvalue weighted by molar-refractivity contribution is 9.10. The Labute approximate surface area is 176 Å². The van der Waals surface area contributed by atoms with E-state index in [2.05, 4.69) is 60.7 Å². The molecular formula is C17H18BrCl3NO3P. The molecule has 0 fully saturated rings. The number of ketones is 1. The van der Waals surface area contributed by atoms with Crippen molar-refractivity contribution in [2.75, 3.05) is 7.11 Å².